The maximum atomic E-state index is 12.9. The molecule has 70 heavy (non-hydrogen) atoms. The number of carbonyl (C=O) groups excluding carboxylic acids is 9. The summed E-state index contributed by atoms with van der Waals surface area (Å²) in [4.78, 5) is 121. The number of aliphatic hydroxyl groups is 1. The van der Waals surface area contributed by atoms with Crippen LogP contribution in [-0.2, 0) is 68.6 Å². The highest BCUT2D eigenvalue weighted by Crippen LogP contribution is 2.21. The first-order valence-corrected chi connectivity index (χ1v) is 22.6. The number of imide groups is 1. The van der Waals surface area contributed by atoms with Gasteiger partial charge in [-0.1, -0.05) is 57.2 Å². The fourth-order valence-corrected chi connectivity index (χ4v) is 5.17. The Balaban J connectivity index is 0. The molecule has 0 aromatic heterocycles. The van der Waals surface area contributed by atoms with Crippen LogP contribution in [-0.4, -0.2) is 165 Å². The molecular weight excluding hydrogens is 917 g/mol. The van der Waals surface area contributed by atoms with Crippen LogP contribution >= 0.6 is 0 Å². The lowest BCUT2D eigenvalue weighted by molar-refractivity contribution is -0.146. The minimum atomic E-state index is -1.22. The van der Waals surface area contributed by atoms with E-state index in [0.29, 0.717) is 30.9 Å². The van der Waals surface area contributed by atoms with Gasteiger partial charge in [-0.2, -0.15) is 0 Å². The van der Waals surface area contributed by atoms with Crippen molar-refractivity contribution in [1.29, 1.82) is 0 Å². The summed E-state index contributed by atoms with van der Waals surface area (Å²) in [6.45, 7) is 16.4. The van der Waals surface area contributed by atoms with Gasteiger partial charge in [-0.25, -0.2) is 4.79 Å². The molecule has 0 aliphatic heterocycles. The Hall–Kier alpha value is -6.30. The van der Waals surface area contributed by atoms with Crippen molar-refractivity contribution >= 4 is 59.6 Å². The van der Waals surface area contributed by atoms with Crippen molar-refractivity contribution < 1.29 is 72.4 Å². The highest BCUT2D eigenvalue weighted by molar-refractivity contribution is 5.95. The van der Waals surface area contributed by atoms with Crippen LogP contribution < -0.4 is 37.2 Å². The standard InChI is InChI=1S/C34H49N7O12.C12H25NO2.CH4O/c1-6-10-29(47)41(22-42)19-34(4,5)53-20-33(2,3)32(51)38-16-26(44)35-14-25(43)36-17-28(46)40-24(13-23-11-8-7-9-12-23)31(50)37-15-27(45)39-21-52-18-30(48)49;1-6-11(14)13-9-12(4,5)15-8-7-10(2)3;1-2/h6-12,22,24H,13-21H2,1-5H3,(H,35,44)(H,36,43)(H,37,50)(H,38,51)(H,39,45)(H,40,46)(H,48,49);10H,6-9H2,1-5H3,(H,13,14);2H,1H3/b10-6-;;. The zero-order chi connectivity index (χ0) is 53.9. The number of aliphatic hydroxyl groups excluding tert-OH is 1. The van der Waals surface area contributed by atoms with Gasteiger partial charge >= 0.3 is 5.97 Å². The summed E-state index contributed by atoms with van der Waals surface area (Å²) in [5, 5.41) is 32.6. The molecule has 23 heteroatoms. The van der Waals surface area contributed by atoms with Gasteiger partial charge in [-0.05, 0) is 72.4 Å². The van der Waals surface area contributed by atoms with Gasteiger partial charge in [-0.3, -0.25) is 48.1 Å². The van der Waals surface area contributed by atoms with Gasteiger partial charge in [0.15, 0.2) is 0 Å². The Labute approximate surface area is 411 Å². The summed E-state index contributed by atoms with van der Waals surface area (Å²) in [5.41, 5.74) is -1.69. The second-order valence-electron chi connectivity index (χ2n) is 17.7. The number of carboxylic acids is 1. The molecule has 1 atom stereocenters. The molecule has 0 bridgehead atoms. The summed E-state index contributed by atoms with van der Waals surface area (Å²) in [5.74, 6) is -5.09. The number of amides is 9. The third-order valence-corrected chi connectivity index (χ3v) is 9.19. The van der Waals surface area contributed by atoms with Crippen molar-refractivity contribution in [1.82, 2.24) is 42.1 Å². The first kappa shape index (κ1) is 65.8. The van der Waals surface area contributed by atoms with Gasteiger partial charge in [0.2, 0.25) is 47.8 Å². The van der Waals surface area contributed by atoms with Crippen molar-refractivity contribution in [3.05, 3.63) is 48.0 Å². The number of nitrogens with one attached hydrogen (secondary N) is 7. The molecule has 0 saturated heterocycles. The molecule has 0 saturated carbocycles. The van der Waals surface area contributed by atoms with E-state index < -0.39 is 97.2 Å². The molecule has 0 fully saturated rings. The van der Waals surface area contributed by atoms with Crippen LogP contribution in [0.5, 0.6) is 0 Å². The van der Waals surface area contributed by atoms with E-state index in [1.54, 1.807) is 65.0 Å². The fourth-order valence-electron chi connectivity index (χ4n) is 5.17. The zero-order valence-corrected chi connectivity index (χ0v) is 42.6. The summed E-state index contributed by atoms with van der Waals surface area (Å²) >= 11 is 0. The third-order valence-electron chi connectivity index (χ3n) is 9.19. The number of benzene rings is 1. The van der Waals surface area contributed by atoms with Crippen molar-refractivity contribution in [2.75, 3.05) is 72.9 Å². The lowest BCUT2D eigenvalue weighted by atomic mass is 9.93. The molecule has 0 spiro atoms. The maximum Gasteiger partial charge on any atom is 0.329 e. The van der Waals surface area contributed by atoms with E-state index in [9.17, 15) is 47.9 Å². The maximum absolute atomic E-state index is 12.9. The molecule has 9 amide bonds. The van der Waals surface area contributed by atoms with E-state index in [1.165, 1.54) is 12.2 Å². The largest absolute Gasteiger partial charge is 0.480 e. The molecule has 1 rings (SSSR count). The second kappa shape index (κ2) is 35.8. The molecule has 396 valence electrons. The smallest absolute Gasteiger partial charge is 0.329 e. The minimum Gasteiger partial charge on any atom is -0.480 e. The quantitative estimate of drug-likeness (QED) is 0.0200. The number of nitrogens with zero attached hydrogens (tertiary/aromatic N) is 1. The molecular formula is C47H78N8O15. The van der Waals surface area contributed by atoms with Gasteiger partial charge in [0.25, 0.3) is 5.91 Å². The van der Waals surface area contributed by atoms with E-state index in [1.807, 2.05) is 20.8 Å². The summed E-state index contributed by atoms with van der Waals surface area (Å²) < 4.78 is 16.3. The number of hydrogen-bond acceptors (Lipinski definition) is 14. The fraction of sp³-hybridized carbons (Fsp3) is 0.617. The minimum absolute atomic E-state index is 0.0504. The first-order valence-electron chi connectivity index (χ1n) is 22.6. The number of rotatable bonds is 31. The molecule has 0 aliphatic carbocycles. The van der Waals surface area contributed by atoms with Gasteiger partial charge in [0.05, 0.1) is 55.9 Å². The third kappa shape index (κ3) is 33.2. The molecule has 0 radical (unpaired) electrons. The number of carbonyl (C=O) groups is 10. The van der Waals surface area contributed by atoms with Crippen molar-refractivity contribution in [2.45, 2.75) is 106 Å². The Bertz CT molecular complexity index is 1840. The molecule has 23 nitrogen and oxygen atoms in total. The van der Waals surface area contributed by atoms with Crippen LogP contribution in [0.25, 0.3) is 0 Å². The lowest BCUT2D eigenvalue weighted by Gasteiger charge is -2.33. The van der Waals surface area contributed by atoms with E-state index >= 15 is 0 Å². The van der Waals surface area contributed by atoms with Crippen LogP contribution in [0.3, 0.4) is 0 Å². The summed E-state index contributed by atoms with van der Waals surface area (Å²) in [6, 6.07) is 7.54. The number of ether oxygens (including phenoxy) is 3. The topological polar surface area (TPSA) is 326 Å². The zero-order valence-electron chi connectivity index (χ0n) is 42.6. The lowest BCUT2D eigenvalue weighted by Crippen LogP contribution is -2.52. The molecule has 1 unspecified atom stereocenters. The SMILES string of the molecule is C/C=C\C(=O)N(C=O)CC(C)(C)OCC(C)(C)C(=O)NCC(=O)NCC(=O)NCC(=O)NC(Cc1ccccc1)C(=O)NCC(=O)NCOCC(=O)O.CCC(=O)NCC(C)(C)OCCC(C)C.CO. The average Bonchev–Trinajstić information content (AvgIpc) is 3.31. The van der Waals surface area contributed by atoms with Crippen molar-refractivity contribution in [2.24, 2.45) is 11.3 Å². The van der Waals surface area contributed by atoms with Gasteiger partial charge in [0, 0.05) is 33.1 Å². The van der Waals surface area contributed by atoms with Crippen LogP contribution in [0, 0.1) is 11.3 Å². The van der Waals surface area contributed by atoms with Gasteiger partial charge in [-0.15, -0.1) is 0 Å². The van der Waals surface area contributed by atoms with Gasteiger partial charge in [0.1, 0.15) is 19.4 Å². The summed E-state index contributed by atoms with van der Waals surface area (Å²) in [6.07, 6.45) is 4.77. The van der Waals surface area contributed by atoms with Crippen LogP contribution in [0.1, 0.15) is 87.6 Å². The van der Waals surface area contributed by atoms with Crippen molar-refractivity contribution in [3.8, 4) is 0 Å². The van der Waals surface area contributed by atoms with E-state index in [4.69, 9.17) is 24.4 Å². The highest BCUT2D eigenvalue weighted by atomic mass is 16.5. The Morgan fingerprint density at radius 2 is 1.29 bits per heavy atom. The second-order valence-corrected chi connectivity index (χ2v) is 17.7. The number of hydrogen-bond donors (Lipinski definition) is 9. The highest BCUT2D eigenvalue weighted by Gasteiger charge is 2.33. The number of carboxylic acid groups (broad SMARTS) is 1. The summed E-state index contributed by atoms with van der Waals surface area (Å²) in [7, 11) is 1.00. The molecule has 9 N–H and O–H groups in total. The Morgan fingerprint density at radius 1 is 0.729 bits per heavy atom. The monoisotopic (exact) mass is 995 g/mol. The predicted molar refractivity (Wildman–Crippen MR) is 258 cm³/mol. The average molecular weight is 995 g/mol. The Morgan fingerprint density at radius 3 is 1.83 bits per heavy atom. The first-order chi connectivity index (χ1) is 32.8. The van der Waals surface area contributed by atoms with E-state index in [-0.39, 0.29) is 37.8 Å². The molecule has 1 aromatic carbocycles. The normalized spacial score (nSPS) is 11.6. The number of allylic oxidation sites excluding steroid dienone is 1. The Kier molecular flexibility index (Phi) is 33.6. The molecule has 0 aliphatic rings. The van der Waals surface area contributed by atoms with E-state index in [2.05, 4.69) is 51.1 Å². The van der Waals surface area contributed by atoms with Crippen LogP contribution in [0.2, 0.25) is 0 Å². The van der Waals surface area contributed by atoms with E-state index in [0.717, 1.165) is 25.0 Å². The van der Waals surface area contributed by atoms with Crippen LogP contribution in [0.15, 0.2) is 42.5 Å². The molecule has 1 aromatic rings. The van der Waals surface area contributed by atoms with Gasteiger partial charge < -0.3 is 61.6 Å². The van der Waals surface area contributed by atoms with Crippen molar-refractivity contribution in [3.63, 3.8) is 0 Å². The number of aliphatic carboxylic acids is 1. The predicted octanol–water partition coefficient (Wildman–Crippen LogP) is -0.302. The van der Waals surface area contributed by atoms with Crippen LogP contribution in [0.4, 0.5) is 0 Å². The molecule has 0 heterocycles.